The SMILES string of the molecule is CSSC1(C(=O)O)CCCC1. The summed E-state index contributed by atoms with van der Waals surface area (Å²) in [4.78, 5) is 10.9. The van der Waals surface area contributed by atoms with Crippen LogP contribution in [-0.2, 0) is 4.79 Å². The lowest BCUT2D eigenvalue weighted by molar-refractivity contribution is -0.139. The number of carboxylic acids is 1. The summed E-state index contributed by atoms with van der Waals surface area (Å²) >= 11 is 0. The Kier molecular flexibility index (Phi) is 3.13. The predicted molar refractivity (Wildman–Crippen MR) is 49.9 cm³/mol. The van der Waals surface area contributed by atoms with Crippen molar-refractivity contribution in [2.75, 3.05) is 6.26 Å². The first kappa shape index (κ1) is 9.26. The van der Waals surface area contributed by atoms with Crippen molar-refractivity contribution < 1.29 is 9.90 Å². The Morgan fingerprint density at radius 2 is 2.00 bits per heavy atom. The molecule has 1 rings (SSSR count). The van der Waals surface area contributed by atoms with Crippen molar-refractivity contribution in [2.24, 2.45) is 0 Å². The Balaban J connectivity index is 2.62. The molecule has 11 heavy (non-hydrogen) atoms. The van der Waals surface area contributed by atoms with Crippen molar-refractivity contribution in [3.8, 4) is 0 Å². The highest BCUT2D eigenvalue weighted by molar-refractivity contribution is 8.77. The highest BCUT2D eigenvalue weighted by Gasteiger charge is 2.41. The van der Waals surface area contributed by atoms with Gasteiger partial charge in [-0.2, -0.15) is 0 Å². The van der Waals surface area contributed by atoms with E-state index in [1.54, 1.807) is 10.8 Å². The molecule has 2 nitrogen and oxygen atoms in total. The quantitative estimate of drug-likeness (QED) is 0.697. The highest BCUT2D eigenvalue weighted by atomic mass is 33.1. The van der Waals surface area contributed by atoms with Crippen molar-refractivity contribution in [1.82, 2.24) is 0 Å². The van der Waals surface area contributed by atoms with Gasteiger partial charge in [0.05, 0.1) is 0 Å². The number of hydrogen-bond acceptors (Lipinski definition) is 3. The van der Waals surface area contributed by atoms with Crippen LogP contribution in [0.5, 0.6) is 0 Å². The van der Waals surface area contributed by atoms with E-state index in [0.717, 1.165) is 25.7 Å². The molecule has 0 aliphatic heterocycles. The number of hydrogen-bond donors (Lipinski definition) is 1. The van der Waals surface area contributed by atoms with E-state index in [1.165, 1.54) is 10.8 Å². The molecule has 0 bridgehead atoms. The Morgan fingerprint density at radius 1 is 1.45 bits per heavy atom. The van der Waals surface area contributed by atoms with Crippen molar-refractivity contribution in [3.05, 3.63) is 0 Å². The lowest BCUT2D eigenvalue weighted by Gasteiger charge is -2.20. The number of aliphatic carboxylic acids is 1. The van der Waals surface area contributed by atoms with Gasteiger partial charge in [-0.05, 0) is 19.1 Å². The molecule has 0 unspecified atom stereocenters. The molecular weight excluding hydrogens is 180 g/mol. The van der Waals surface area contributed by atoms with Gasteiger partial charge in [-0.3, -0.25) is 4.79 Å². The molecule has 0 atom stereocenters. The largest absolute Gasteiger partial charge is 0.480 e. The van der Waals surface area contributed by atoms with E-state index in [9.17, 15) is 4.79 Å². The summed E-state index contributed by atoms with van der Waals surface area (Å²) in [5.41, 5.74) is 0. The standard InChI is InChI=1S/C7H12O2S2/c1-10-11-7(6(8)9)4-2-3-5-7/h2-5H2,1H3,(H,8,9). The molecule has 1 aliphatic rings. The monoisotopic (exact) mass is 192 g/mol. The normalized spacial score (nSPS) is 21.9. The summed E-state index contributed by atoms with van der Waals surface area (Å²) in [5.74, 6) is -0.630. The van der Waals surface area contributed by atoms with Crippen LogP contribution in [-0.4, -0.2) is 22.1 Å². The van der Waals surface area contributed by atoms with Crippen LogP contribution in [0.2, 0.25) is 0 Å². The second kappa shape index (κ2) is 3.72. The Labute approximate surface area is 74.5 Å². The fourth-order valence-electron chi connectivity index (χ4n) is 1.44. The summed E-state index contributed by atoms with van der Waals surface area (Å²) in [6.07, 6.45) is 5.76. The zero-order valence-electron chi connectivity index (χ0n) is 6.50. The van der Waals surface area contributed by atoms with Crippen LogP contribution in [0.4, 0.5) is 0 Å². The van der Waals surface area contributed by atoms with Crippen LogP contribution < -0.4 is 0 Å². The summed E-state index contributed by atoms with van der Waals surface area (Å²) < 4.78 is -0.459. The molecule has 1 saturated carbocycles. The van der Waals surface area contributed by atoms with Gasteiger partial charge in [0.2, 0.25) is 0 Å². The molecule has 0 spiro atoms. The van der Waals surface area contributed by atoms with Gasteiger partial charge in [-0.1, -0.05) is 34.4 Å². The molecule has 0 amide bonds. The van der Waals surface area contributed by atoms with Crippen molar-refractivity contribution in [1.29, 1.82) is 0 Å². The maximum atomic E-state index is 10.9. The molecule has 1 aliphatic carbocycles. The van der Waals surface area contributed by atoms with E-state index < -0.39 is 10.7 Å². The third kappa shape index (κ3) is 1.85. The average molecular weight is 192 g/mol. The minimum absolute atomic E-state index is 0.459. The minimum atomic E-state index is -0.630. The zero-order chi connectivity index (χ0) is 8.32. The fraction of sp³-hybridized carbons (Fsp3) is 0.857. The van der Waals surface area contributed by atoms with Gasteiger partial charge in [0.25, 0.3) is 0 Å². The summed E-state index contributed by atoms with van der Waals surface area (Å²) in [7, 11) is 3.07. The lowest BCUT2D eigenvalue weighted by Crippen LogP contribution is -2.30. The maximum Gasteiger partial charge on any atom is 0.320 e. The molecule has 0 heterocycles. The molecule has 0 aromatic rings. The van der Waals surface area contributed by atoms with E-state index in [-0.39, 0.29) is 0 Å². The van der Waals surface area contributed by atoms with Crippen LogP contribution in [0, 0.1) is 0 Å². The van der Waals surface area contributed by atoms with Gasteiger partial charge in [0.1, 0.15) is 4.75 Å². The van der Waals surface area contributed by atoms with Crippen molar-refractivity contribution >= 4 is 27.6 Å². The summed E-state index contributed by atoms with van der Waals surface area (Å²) in [5, 5.41) is 8.96. The van der Waals surface area contributed by atoms with Crippen molar-refractivity contribution in [2.45, 2.75) is 30.4 Å². The Morgan fingerprint density at radius 3 is 2.36 bits per heavy atom. The number of rotatable bonds is 3. The highest BCUT2D eigenvalue weighted by Crippen LogP contribution is 2.46. The van der Waals surface area contributed by atoms with Crippen molar-refractivity contribution in [3.63, 3.8) is 0 Å². The first-order chi connectivity index (χ1) is 5.21. The molecule has 0 radical (unpaired) electrons. The molecule has 1 fully saturated rings. The maximum absolute atomic E-state index is 10.9. The molecule has 0 aromatic carbocycles. The molecule has 0 saturated heterocycles. The number of carbonyl (C=O) groups is 1. The molecular formula is C7H12O2S2. The summed E-state index contributed by atoms with van der Waals surface area (Å²) in [6, 6.07) is 0. The third-order valence-electron chi connectivity index (χ3n) is 2.04. The van der Waals surface area contributed by atoms with Crippen LogP contribution >= 0.6 is 21.6 Å². The second-order valence-electron chi connectivity index (χ2n) is 2.76. The molecule has 0 aromatic heterocycles. The second-order valence-corrected chi connectivity index (χ2v) is 5.54. The first-order valence-electron chi connectivity index (χ1n) is 3.66. The van der Waals surface area contributed by atoms with Gasteiger partial charge in [0.15, 0.2) is 0 Å². The topological polar surface area (TPSA) is 37.3 Å². The van der Waals surface area contributed by atoms with Gasteiger partial charge in [0, 0.05) is 0 Å². The van der Waals surface area contributed by atoms with E-state index in [1.807, 2.05) is 6.26 Å². The van der Waals surface area contributed by atoms with E-state index in [0.29, 0.717) is 0 Å². The predicted octanol–water partition coefficient (Wildman–Crippen LogP) is 2.40. The fourth-order valence-corrected chi connectivity index (χ4v) is 3.96. The molecule has 64 valence electrons. The smallest absolute Gasteiger partial charge is 0.320 e. The Bertz CT molecular complexity index is 153. The third-order valence-corrected chi connectivity index (χ3v) is 4.57. The van der Waals surface area contributed by atoms with Crippen LogP contribution in [0.3, 0.4) is 0 Å². The molecule has 4 heteroatoms. The zero-order valence-corrected chi connectivity index (χ0v) is 8.13. The van der Waals surface area contributed by atoms with Crippen LogP contribution in [0.25, 0.3) is 0 Å². The van der Waals surface area contributed by atoms with Crippen LogP contribution in [0.15, 0.2) is 0 Å². The Hall–Kier alpha value is 0.170. The van der Waals surface area contributed by atoms with Gasteiger partial charge < -0.3 is 5.11 Å². The summed E-state index contributed by atoms with van der Waals surface area (Å²) in [6.45, 7) is 0. The molecule has 1 N–H and O–H groups in total. The van der Waals surface area contributed by atoms with E-state index in [2.05, 4.69) is 0 Å². The van der Waals surface area contributed by atoms with Crippen LogP contribution in [0.1, 0.15) is 25.7 Å². The van der Waals surface area contributed by atoms with E-state index in [4.69, 9.17) is 5.11 Å². The van der Waals surface area contributed by atoms with Gasteiger partial charge in [-0.15, -0.1) is 0 Å². The average Bonchev–Trinajstić information content (AvgIpc) is 2.38. The minimum Gasteiger partial charge on any atom is -0.480 e. The van der Waals surface area contributed by atoms with Gasteiger partial charge >= 0.3 is 5.97 Å². The first-order valence-corrected chi connectivity index (χ1v) is 6.22. The lowest BCUT2D eigenvalue weighted by atomic mass is 10.1. The number of carboxylic acid groups (broad SMARTS) is 1. The van der Waals surface area contributed by atoms with E-state index >= 15 is 0 Å². The van der Waals surface area contributed by atoms with Gasteiger partial charge in [-0.25, -0.2) is 0 Å².